The highest BCUT2D eigenvalue weighted by molar-refractivity contribution is 6.12. The number of benzene rings is 4. The molecule has 67 heavy (non-hydrogen) atoms. The quantitative estimate of drug-likeness (QED) is 0.133. The molecule has 1 atom stereocenters. The topological polar surface area (TPSA) is 192 Å². The van der Waals surface area contributed by atoms with Crippen LogP contribution in [-0.4, -0.2) is 88.5 Å². The third-order valence-electron chi connectivity index (χ3n) is 12.8. The molecule has 2 aliphatic rings. The third-order valence-corrected chi connectivity index (χ3v) is 12.8. The van der Waals surface area contributed by atoms with Crippen molar-refractivity contribution in [3.8, 4) is 28.7 Å². The monoisotopic (exact) mass is 905 g/mol. The van der Waals surface area contributed by atoms with E-state index in [1.54, 1.807) is 74.2 Å². The molecule has 0 aliphatic carbocycles. The molecule has 2 fully saturated rings. The van der Waals surface area contributed by atoms with Gasteiger partial charge in [-0.05, 0) is 112 Å². The molecule has 3 N–H and O–H groups in total. The van der Waals surface area contributed by atoms with Gasteiger partial charge in [-0.3, -0.25) is 38.3 Å². The fourth-order valence-electron chi connectivity index (χ4n) is 9.12. The molecular weight excluding hydrogens is 858 g/mol. The molecule has 2 aliphatic heterocycles. The van der Waals surface area contributed by atoms with E-state index in [0.29, 0.717) is 39.1 Å². The van der Waals surface area contributed by atoms with Gasteiger partial charge in [0, 0.05) is 68.5 Å². The van der Waals surface area contributed by atoms with Crippen molar-refractivity contribution in [2.45, 2.75) is 44.6 Å². The molecule has 0 saturated carbocycles. The number of rotatable bonds is 10. The Balaban J connectivity index is 0.917. The number of anilines is 1. The van der Waals surface area contributed by atoms with Crippen LogP contribution in [0.4, 0.5) is 10.1 Å². The van der Waals surface area contributed by atoms with Gasteiger partial charge in [0.1, 0.15) is 18.2 Å². The zero-order valence-corrected chi connectivity index (χ0v) is 37.4. The minimum absolute atomic E-state index is 0.0221. The lowest BCUT2D eigenvalue weighted by atomic mass is 9.94. The van der Waals surface area contributed by atoms with Crippen molar-refractivity contribution >= 4 is 51.3 Å². The number of aryl methyl sites for hydroxylation is 4. The summed E-state index contributed by atoms with van der Waals surface area (Å²) in [7, 11) is 6.39. The number of imidazole rings is 1. The minimum Gasteiger partial charge on any atom is -0.355 e. The normalized spacial score (nSPS) is 15.7. The fraction of sp³-hybridized carbons (Fsp3) is 0.306. The number of likely N-dealkylation sites (tertiary alicyclic amines) is 1. The van der Waals surface area contributed by atoms with E-state index in [0.717, 1.165) is 56.4 Å². The smallest absolute Gasteiger partial charge is 0.350 e. The molecule has 17 nitrogen and oxygen atoms in total. The predicted molar refractivity (Wildman–Crippen MR) is 249 cm³/mol. The van der Waals surface area contributed by atoms with E-state index >= 15 is 4.39 Å². The summed E-state index contributed by atoms with van der Waals surface area (Å²) in [5, 5.41) is 16.2. The van der Waals surface area contributed by atoms with Crippen molar-refractivity contribution in [2.75, 3.05) is 32.0 Å². The van der Waals surface area contributed by atoms with Crippen LogP contribution in [0.15, 0.2) is 88.7 Å². The number of carbonyl (C=O) groups excluding carboxylic acids is 4. The Bertz CT molecular complexity index is 3340. The van der Waals surface area contributed by atoms with Crippen LogP contribution in [-0.2, 0) is 37.2 Å². The predicted octanol–water partition coefficient (Wildman–Crippen LogP) is 4.20. The number of nitrogens with zero attached hydrogens (tertiary/aromatic N) is 8. The highest BCUT2D eigenvalue weighted by Crippen LogP contribution is 2.34. The molecule has 5 heterocycles. The molecule has 0 bridgehead atoms. The molecule has 342 valence electrons. The van der Waals surface area contributed by atoms with Crippen LogP contribution in [0, 0.1) is 23.6 Å². The first kappa shape index (κ1) is 44.3. The summed E-state index contributed by atoms with van der Waals surface area (Å²) in [6.45, 7) is 2.55. The van der Waals surface area contributed by atoms with E-state index in [1.807, 2.05) is 18.2 Å². The van der Waals surface area contributed by atoms with E-state index in [-0.39, 0.29) is 58.6 Å². The van der Waals surface area contributed by atoms with E-state index in [9.17, 15) is 28.8 Å². The summed E-state index contributed by atoms with van der Waals surface area (Å²) in [5.74, 6) is 4.44. The van der Waals surface area contributed by atoms with Crippen molar-refractivity contribution in [3.05, 3.63) is 128 Å². The lowest BCUT2D eigenvalue weighted by molar-refractivity contribution is -0.135. The van der Waals surface area contributed by atoms with E-state index in [2.05, 4.69) is 42.9 Å². The summed E-state index contributed by atoms with van der Waals surface area (Å²) in [6.07, 6.45) is 5.24. The second-order valence-corrected chi connectivity index (χ2v) is 17.0. The number of imide groups is 1. The second kappa shape index (κ2) is 18.2. The SMILES string of the molecule is CNC(=O)c1cccc(NC(=O)c2nn(C)c3ccc(-c4ccc(-n5cnn(C)c5=O)cc4C#CC4CCN(CCCc5ccc6c(c5)n(C)c(=O)n6C5CCC(=O)NC5=O)CC4)c(F)c23)c1. The Hall–Kier alpha value is -7.91. The first-order chi connectivity index (χ1) is 32.3. The van der Waals surface area contributed by atoms with Crippen LogP contribution in [0.1, 0.15) is 70.1 Å². The van der Waals surface area contributed by atoms with Gasteiger partial charge in [-0.25, -0.2) is 23.2 Å². The number of aromatic nitrogens is 7. The van der Waals surface area contributed by atoms with Crippen LogP contribution in [0.3, 0.4) is 0 Å². The van der Waals surface area contributed by atoms with Gasteiger partial charge in [0.15, 0.2) is 5.69 Å². The number of nitrogens with one attached hydrogen (secondary N) is 3. The molecule has 4 amide bonds. The van der Waals surface area contributed by atoms with Gasteiger partial charge in [-0.1, -0.05) is 30.0 Å². The maximum Gasteiger partial charge on any atom is 0.350 e. The number of piperidine rings is 2. The maximum absolute atomic E-state index is 17.0. The number of fused-ring (bicyclic) bond motifs is 2. The van der Waals surface area contributed by atoms with Gasteiger partial charge in [0.2, 0.25) is 11.8 Å². The Kier molecular flexibility index (Phi) is 12.0. The zero-order valence-electron chi connectivity index (χ0n) is 37.4. The molecule has 3 aromatic heterocycles. The molecule has 4 aromatic carbocycles. The van der Waals surface area contributed by atoms with Gasteiger partial charge < -0.3 is 15.5 Å². The van der Waals surface area contributed by atoms with E-state index in [4.69, 9.17) is 0 Å². The summed E-state index contributed by atoms with van der Waals surface area (Å²) in [5.41, 5.74) is 4.49. The van der Waals surface area contributed by atoms with Crippen molar-refractivity contribution in [2.24, 2.45) is 27.1 Å². The van der Waals surface area contributed by atoms with Gasteiger partial charge in [0.05, 0.1) is 27.6 Å². The zero-order chi connectivity index (χ0) is 47.1. The lowest BCUT2D eigenvalue weighted by Crippen LogP contribution is -2.44. The van der Waals surface area contributed by atoms with Crippen LogP contribution >= 0.6 is 0 Å². The van der Waals surface area contributed by atoms with Crippen LogP contribution in [0.2, 0.25) is 0 Å². The molecule has 2 saturated heterocycles. The lowest BCUT2D eigenvalue weighted by Gasteiger charge is -2.29. The molecule has 0 radical (unpaired) electrons. The highest BCUT2D eigenvalue weighted by Gasteiger charge is 2.31. The van der Waals surface area contributed by atoms with E-state index in [1.165, 1.54) is 37.9 Å². The third kappa shape index (κ3) is 8.56. The summed E-state index contributed by atoms with van der Waals surface area (Å²) >= 11 is 0. The summed E-state index contributed by atoms with van der Waals surface area (Å²) < 4.78 is 24.1. The molecular formula is C49H48FN11O6. The first-order valence-corrected chi connectivity index (χ1v) is 22.1. The molecule has 1 unspecified atom stereocenters. The Morgan fingerprint density at radius 1 is 0.851 bits per heavy atom. The van der Waals surface area contributed by atoms with Crippen LogP contribution in [0.5, 0.6) is 0 Å². The Labute approximate surface area is 383 Å². The Morgan fingerprint density at radius 2 is 1.63 bits per heavy atom. The summed E-state index contributed by atoms with van der Waals surface area (Å²) in [4.78, 5) is 78.8. The van der Waals surface area contributed by atoms with Gasteiger partial charge >= 0.3 is 11.4 Å². The Morgan fingerprint density at radius 3 is 2.37 bits per heavy atom. The van der Waals surface area contributed by atoms with Crippen molar-refractivity contribution in [1.29, 1.82) is 0 Å². The average Bonchev–Trinajstić information content (AvgIpc) is 3.94. The van der Waals surface area contributed by atoms with Gasteiger partial charge in [-0.2, -0.15) is 10.2 Å². The van der Waals surface area contributed by atoms with Gasteiger partial charge in [-0.15, -0.1) is 0 Å². The first-order valence-electron chi connectivity index (χ1n) is 22.1. The van der Waals surface area contributed by atoms with Gasteiger partial charge in [0.25, 0.3) is 11.8 Å². The number of hydrogen-bond donors (Lipinski definition) is 3. The van der Waals surface area contributed by atoms with E-state index < -0.39 is 23.7 Å². The number of hydrogen-bond acceptors (Lipinski definition) is 9. The molecule has 18 heteroatoms. The number of carbonyl (C=O) groups is 4. The molecule has 7 aromatic rings. The minimum atomic E-state index is -0.729. The highest BCUT2D eigenvalue weighted by atomic mass is 19.1. The van der Waals surface area contributed by atoms with Crippen LogP contribution < -0.4 is 27.3 Å². The number of halogens is 1. The fourth-order valence-corrected chi connectivity index (χ4v) is 9.12. The van der Waals surface area contributed by atoms with Crippen molar-refractivity contribution in [1.82, 2.24) is 48.8 Å². The van der Waals surface area contributed by atoms with Crippen molar-refractivity contribution in [3.63, 3.8) is 0 Å². The maximum atomic E-state index is 17.0. The summed E-state index contributed by atoms with van der Waals surface area (Å²) in [6, 6.07) is 20.1. The molecule has 0 spiro atoms. The molecule has 9 rings (SSSR count). The van der Waals surface area contributed by atoms with Crippen molar-refractivity contribution < 1.29 is 23.6 Å². The average molecular weight is 906 g/mol. The number of amides is 4. The standard InChI is InChI=1S/C49H48FN11O6/c1-51-45(63)32-8-5-9-33(26-32)53-47(65)44-42-38(57(3)55-44)17-15-36(43(42)50)35-14-13-34(60-28-52-58(4)49(60)67)27-31(35)12-10-29-20-23-59(24-21-29)22-6-7-30-11-16-37-40(25-30)56(2)48(66)61(37)39-18-19-41(62)54-46(39)64/h5,8-9,11,13-17,25-29,39H,6-7,18-24H2,1-4H3,(H,51,63)(H,53,65)(H,54,62,64). The second-order valence-electron chi connectivity index (χ2n) is 17.0. The van der Waals surface area contributed by atoms with Crippen LogP contribution in [0.25, 0.3) is 38.8 Å². The largest absolute Gasteiger partial charge is 0.355 e.